The fourth-order valence-electron chi connectivity index (χ4n) is 1.92. The van der Waals surface area contributed by atoms with Crippen molar-refractivity contribution in [3.63, 3.8) is 0 Å². The molecule has 0 saturated carbocycles. The van der Waals surface area contributed by atoms with Crippen LogP contribution in [0.3, 0.4) is 0 Å². The van der Waals surface area contributed by atoms with E-state index in [2.05, 4.69) is 21.9 Å². The van der Waals surface area contributed by atoms with Crippen LogP contribution in [0.5, 0.6) is 0 Å². The van der Waals surface area contributed by atoms with E-state index in [-0.39, 0.29) is 53.1 Å². The van der Waals surface area contributed by atoms with Crippen LogP contribution in [0.4, 0.5) is 0 Å². The highest BCUT2D eigenvalue weighted by molar-refractivity contribution is 5.85. The van der Waals surface area contributed by atoms with Crippen LogP contribution in [0.25, 0.3) is 10.8 Å². The van der Waals surface area contributed by atoms with Gasteiger partial charge in [0, 0.05) is 13.1 Å². The molecule has 0 fully saturated rings. The van der Waals surface area contributed by atoms with Gasteiger partial charge in [-0.2, -0.15) is 0 Å². The maximum atomic E-state index is 11.6. The molecule has 0 heterocycles. The quantitative estimate of drug-likeness (QED) is 0.517. The summed E-state index contributed by atoms with van der Waals surface area (Å²) in [5.74, 6) is 5.12. The van der Waals surface area contributed by atoms with Crippen LogP contribution in [0.1, 0.15) is 29.0 Å². The van der Waals surface area contributed by atoms with Crippen LogP contribution in [0, 0.1) is 17.3 Å². The second-order valence-corrected chi connectivity index (χ2v) is 5.52. The fourth-order valence-corrected chi connectivity index (χ4v) is 1.92. The topological polar surface area (TPSA) is 38.3 Å². The average Bonchev–Trinajstić information content (AvgIpc) is 2.74. The van der Waals surface area contributed by atoms with Crippen LogP contribution in [0.2, 0.25) is 0 Å². The lowest BCUT2D eigenvalue weighted by Gasteiger charge is -2.12. The van der Waals surface area contributed by atoms with Crippen molar-refractivity contribution in [3.8, 4) is 11.8 Å². The SMILES string of the molecule is [2H]c1c([2H])c([2H])c2c(CNC/C=C/C#CC(C)(C)C(=O)OC)c([2H])c([2H])c([2H])c2c1[2H]. The van der Waals surface area contributed by atoms with Gasteiger partial charge in [-0.15, -0.1) is 0 Å². The number of hydrogen-bond acceptors (Lipinski definition) is 3. The molecule has 0 aliphatic heterocycles. The maximum absolute atomic E-state index is 11.6. The summed E-state index contributed by atoms with van der Waals surface area (Å²) in [5, 5.41) is 3.05. The fraction of sp³-hybridized carbons (Fsp3) is 0.286. The third kappa shape index (κ3) is 4.71. The first-order valence-corrected chi connectivity index (χ1v) is 7.41. The lowest BCUT2D eigenvalue weighted by molar-refractivity contribution is -0.147. The van der Waals surface area contributed by atoms with E-state index in [1.54, 1.807) is 26.0 Å². The maximum Gasteiger partial charge on any atom is 0.323 e. The zero-order valence-electron chi connectivity index (χ0n) is 20.9. The molecule has 0 aromatic heterocycles. The Morgan fingerprint density at radius 2 is 2.04 bits per heavy atom. The largest absolute Gasteiger partial charge is 0.468 e. The zero-order chi connectivity index (χ0) is 23.5. The van der Waals surface area contributed by atoms with Crippen molar-refractivity contribution in [2.24, 2.45) is 5.41 Å². The molecule has 0 aliphatic rings. The Bertz CT molecular complexity index is 1120. The molecular formula is C21H23NO2. The van der Waals surface area contributed by atoms with Gasteiger partial charge < -0.3 is 10.1 Å². The van der Waals surface area contributed by atoms with Gasteiger partial charge in [-0.05, 0) is 36.3 Å². The summed E-state index contributed by atoms with van der Waals surface area (Å²) in [6, 6.07) is -2.67. The van der Waals surface area contributed by atoms with Crippen LogP contribution in [0.15, 0.2) is 54.4 Å². The summed E-state index contributed by atoms with van der Waals surface area (Å²) < 4.78 is 61.0. The predicted molar refractivity (Wildman–Crippen MR) is 98.4 cm³/mol. The molecule has 3 heteroatoms. The van der Waals surface area contributed by atoms with Gasteiger partial charge in [0.2, 0.25) is 0 Å². The van der Waals surface area contributed by atoms with Crippen molar-refractivity contribution >= 4 is 16.7 Å². The number of allylic oxidation sites excluding steroid dienone is 1. The lowest BCUT2D eigenvalue weighted by Crippen LogP contribution is -2.23. The zero-order valence-corrected chi connectivity index (χ0v) is 13.9. The second-order valence-electron chi connectivity index (χ2n) is 5.52. The minimum absolute atomic E-state index is 0.0600. The van der Waals surface area contributed by atoms with E-state index < -0.39 is 23.5 Å². The second kappa shape index (κ2) is 8.33. The summed E-state index contributed by atoms with van der Waals surface area (Å²) >= 11 is 0. The van der Waals surface area contributed by atoms with Gasteiger partial charge in [0.1, 0.15) is 5.41 Å². The molecule has 0 spiro atoms. The first-order chi connectivity index (χ1) is 14.5. The van der Waals surface area contributed by atoms with E-state index in [4.69, 9.17) is 9.60 Å². The van der Waals surface area contributed by atoms with Gasteiger partial charge in [0.25, 0.3) is 0 Å². The Labute approximate surface area is 153 Å². The number of carbonyl (C=O) groups excluding carboxylic acids is 1. The molecule has 3 nitrogen and oxygen atoms in total. The number of carbonyl (C=O) groups is 1. The van der Waals surface area contributed by atoms with E-state index in [9.17, 15) is 4.79 Å². The summed E-state index contributed by atoms with van der Waals surface area (Å²) in [4.78, 5) is 11.6. The highest BCUT2D eigenvalue weighted by Crippen LogP contribution is 2.18. The molecule has 1 N–H and O–H groups in total. The van der Waals surface area contributed by atoms with Gasteiger partial charge >= 0.3 is 5.97 Å². The number of nitrogens with one attached hydrogen (secondary N) is 1. The van der Waals surface area contributed by atoms with Gasteiger partial charge in [-0.25, -0.2) is 0 Å². The van der Waals surface area contributed by atoms with Gasteiger partial charge in [0.05, 0.1) is 16.7 Å². The van der Waals surface area contributed by atoms with Crippen molar-refractivity contribution in [2.75, 3.05) is 13.7 Å². The smallest absolute Gasteiger partial charge is 0.323 e. The van der Waals surface area contributed by atoms with Crippen LogP contribution < -0.4 is 5.32 Å². The third-order valence-electron chi connectivity index (χ3n) is 3.24. The first kappa shape index (κ1) is 10.3. The van der Waals surface area contributed by atoms with E-state index in [1.165, 1.54) is 7.11 Å². The Morgan fingerprint density at radius 1 is 1.29 bits per heavy atom. The standard InChI is InChI=1S/C21H23NO2/c1-21(2,20(23)24-3)14-7-4-8-15-22-16-18-12-9-11-17-10-5-6-13-19(17)18/h4-6,8-13,22H,15-16H2,1-3H3/b8-4+/i5D,6D,9D,10D,11D,12D,13D. The minimum Gasteiger partial charge on any atom is -0.468 e. The molecule has 2 rings (SSSR count). The molecule has 124 valence electrons. The first-order valence-electron chi connectivity index (χ1n) is 10.9. The Balaban J connectivity index is 2.29. The van der Waals surface area contributed by atoms with Gasteiger partial charge in [0.15, 0.2) is 0 Å². The minimum atomic E-state index is -0.933. The van der Waals surface area contributed by atoms with E-state index >= 15 is 0 Å². The highest BCUT2D eigenvalue weighted by atomic mass is 16.5. The highest BCUT2D eigenvalue weighted by Gasteiger charge is 2.25. The number of hydrogen-bond donors (Lipinski definition) is 1. The molecule has 0 unspecified atom stereocenters. The molecule has 0 radical (unpaired) electrons. The van der Waals surface area contributed by atoms with Crippen LogP contribution >= 0.6 is 0 Å². The number of fused-ring (bicyclic) bond motifs is 1. The number of esters is 1. The molecular weight excluding hydrogens is 298 g/mol. The van der Waals surface area contributed by atoms with Crippen molar-refractivity contribution in [1.29, 1.82) is 0 Å². The molecule has 24 heavy (non-hydrogen) atoms. The number of methoxy groups -OCH3 is 1. The molecule has 0 bridgehead atoms. The van der Waals surface area contributed by atoms with Crippen LogP contribution in [-0.4, -0.2) is 19.6 Å². The molecule has 0 aliphatic carbocycles. The van der Waals surface area contributed by atoms with Crippen molar-refractivity contribution in [3.05, 3.63) is 60.0 Å². The Kier molecular flexibility index (Phi) is 3.58. The van der Waals surface area contributed by atoms with E-state index in [1.807, 2.05) is 0 Å². The molecule has 2 aromatic carbocycles. The van der Waals surface area contributed by atoms with Crippen molar-refractivity contribution < 1.29 is 19.1 Å². The summed E-state index contributed by atoms with van der Waals surface area (Å²) in [6.07, 6.45) is 3.26. The van der Waals surface area contributed by atoms with Gasteiger partial charge in [-0.1, -0.05) is 60.2 Å². The van der Waals surface area contributed by atoms with E-state index in [0.29, 0.717) is 6.54 Å². The molecule has 0 saturated heterocycles. The molecule has 0 amide bonds. The normalized spacial score (nSPS) is 15.4. The molecule has 0 atom stereocenters. The lowest BCUT2D eigenvalue weighted by atomic mass is 9.95. The van der Waals surface area contributed by atoms with Crippen molar-refractivity contribution in [2.45, 2.75) is 20.4 Å². The van der Waals surface area contributed by atoms with Crippen LogP contribution in [-0.2, 0) is 16.1 Å². The Morgan fingerprint density at radius 3 is 2.83 bits per heavy atom. The molecule has 2 aromatic rings. The monoisotopic (exact) mass is 328 g/mol. The van der Waals surface area contributed by atoms with Gasteiger partial charge in [-0.3, -0.25) is 4.79 Å². The van der Waals surface area contributed by atoms with E-state index in [0.717, 1.165) is 0 Å². The Hall–Kier alpha value is -2.57. The van der Waals surface area contributed by atoms with Crippen molar-refractivity contribution in [1.82, 2.24) is 5.32 Å². The number of rotatable bonds is 5. The number of benzene rings is 2. The summed E-state index contributed by atoms with van der Waals surface area (Å²) in [6.45, 7) is 3.69. The number of ether oxygens (including phenoxy) is 1. The summed E-state index contributed by atoms with van der Waals surface area (Å²) in [7, 11) is 1.30. The third-order valence-corrected chi connectivity index (χ3v) is 3.24. The summed E-state index contributed by atoms with van der Waals surface area (Å²) in [5.41, 5.74) is -0.702. The average molecular weight is 328 g/mol. The predicted octanol–water partition coefficient (Wildman–Crippen LogP) is 3.69.